The van der Waals surface area contributed by atoms with E-state index >= 15 is 0 Å². The molecule has 11 aromatic carbocycles. The Kier molecular flexibility index (Phi) is 9.20. The van der Waals surface area contributed by atoms with Gasteiger partial charge in [0, 0.05) is 22.3 Å². The lowest BCUT2D eigenvalue weighted by atomic mass is 9.93. The fourth-order valence-electron chi connectivity index (χ4n) is 9.61. The zero-order valence-electron chi connectivity index (χ0n) is 35.0. The van der Waals surface area contributed by atoms with E-state index in [4.69, 9.17) is 4.42 Å². The molecule has 300 valence electrons. The SMILES string of the molecule is c1ccc(-c2ccc(-c3ccccc3-c3ccc(N(c4ccc(-c5cccc6ccccc56)cc4)c4ccc(-c5cccc6ccccc56)c5oc6ccccc6c45)cc3)cc2)cc1. The van der Waals surface area contributed by atoms with Crippen LogP contribution in [0.3, 0.4) is 0 Å². The number of hydrogen-bond donors (Lipinski definition) is 0. The highest BCUT2D eigenvalue weighted by atomic mass is 16.3. The summed E-state index contributed by atoms with van der Waals surface area (Å²) in [7, 11) is 0. The van der Waals surface area contributed by atoms with Crippen molar-refractivity contribution in [2.45, 2.75) is 0 Å². The summed E-state index contributed by atoms with van der Waals surface area (Å²) in [5.41, 5.74) is 16.7. The normalized spacial score (nSPS) is 11.4. The molecule has 0 spiro atoms. The molecule has 0 saturated heterocycles. The van der Waals surface area contributed by atoms with Gasteiger partial charge in [0.2, 0.25) is 0 Å². The highest BCUT2D eigenvalue weighted by Crippen LogP contribution is 2.48. The summed E-state index contributed by atoms with van der Waals surface area (Å²) in [5.74, 6) is 0. The number of fused-ring (bicyclic) bond motifs is 5. The third-order valence-corrected chi connectivity index (χ3v) is 12.7. The van der Waals surface area contributed by atoms with Crippen LogP contribution in [0.5, 0.6) is 0 Å². The van der Waals surface area contributed by atoms with E-state index in [2.05, 4.69) is 254 Å². The molecular weight excluding hydrogens is 775 g/mol. The Bertz CT molecular complexity index is 3630. The van der Waals surface area contributed by atoms with Crippen molar-refractivity contribution in [3.63, 3.8) is 0 Å². The fourth-order valence-corrected chi connectivity index (χ4v) is 9.61. The molecule has 12 aromatic rings. The van der Waals surface area contributed by atoms with E-state index in [9.17, 15) is 0 Å². The van der Waals surface area contributed by atoms with Crippen molar-refractivity contribution in [1.82, 2.24) is 0 Å². The van der Waals surface area contributed by atoms with Gasteiger partial charge in [-0.1, -0.05) is 206 Å². The molecule has 0 fully saturated rings. The summed E-state index contributed by atoms with van der Waals surface area (Å²) in [4.78, 5) is 2.39. The van der Waals surface area contributed by atoms with Crippen LogP contribution in [0, 0.1) is 0 Å². The molecule has 2 nitrogen and oxygen atoms in total. The summed E-state index contributed by atoms with van der Waals surface area (Å²) in [6.45, 7) is 0. The molecule has 0 radical (unpaired) electrons. The van der Waals surface area contributed by atoms with Crippen LogP contribution in [0.2, 0.25) is 0 Å². The minimum absolute atomic E-state index is 0.862. The molecule has 0 bridgehead atoms. The first kappa shape index (κ1) is 37.3. The minimum atomic E-state index is 0.862. The van der Waals surface area contributed by atoms with Crippen molar-refractivity contribution in [2.75, 3.05) is 4.90 Å². The Morgan fingerprint density at radius 2 is 0.703 bits per heavy atom. The molecule has 0 N–H and O–H groups in total. The molecular formula is C62H41NO. The Balaban J connectivity index is 1.01. The Labute approximate surface area is 372 Å². The molecule has 0 aliphatic carbocycles. The van der Waals surface area contributed by atoms with Crippen molar-refractivity contribution in [3.8, 4) is 55.6 Å². The molecule has 0 aliphatic rings. The highest BCUT2D eigenvalue weighted by molar-refractivity contribution is 6.18. The maximum Gasteiger partial charge on any atom is 0.145 e. The number of hydrogen-bond acceptors (Lipinski definition) is 2. The lowest BCUT2D eigenvalue weighted by Crippen LogP contribution is -2.10. The summed E-state index contributed by atoms with van der Waals surface area (Å²) in [5, 5.41) is 7.03. The smallest absolute Gasteiger partial charge is 0.145 e. The molecule has 0 amide bonds. The van der Waals surface area contributed by atoms with Crippen LogP contribution in [-0.4, -0.2) is 0 Å². The van der Waals surface area contributed by atoms with Gasteiger partial charge in [-0.15, -0.1) is 0 Å². The number of anilines is 3. The van der Waals surface area contributed by atoms with E-state index in [1.165, 1.54) is 60.5 Å². The lowest BCUT2D eigenvalue weighted by Gasteiger charge is -2.27. The maximum atomic E-state index is 6.91. The second kappa shape index (κ2) is 15.8. The van der Waals surface area contributed by atoms with Gasteiger partial charge in [0.05, 0.1) is 11.1 Å². The molecule has 1 heterocycles. The number of rotatable bonds is 8. The summed E-state index contributed by atoms with van der Waals surface area (Å²) < 4.78 is 6.91. The van der Waals surface area contributed by atoms with Crippen LogP contribution in [0.1, 0.15) is 0 Å². The number of para-hydroxylation sites is 1. The Morgan fingerprint density at radius 1 is 0.266 bits per heavy atom. The zero-order chi connectivity index (χ0) is 42.4. The van der Waals surface area contributed by atoms with Crippen LogP contribution < -0.4 is 4.90 Å². The van der Waals surface area contributed by atoms with Crippen molar-refractivity contribution >= 4 is 60.5 Å². The molecule has 0 aliphatic heterocycles. The summed E-state index contributed by atoms with van der Waals surface area (Å²) >= 11 is 0. The first-order valence-electron chi connectivity index (χ1n) is 21.9. The highest BCUT2D eigenvalue weighted by Gasteiger charge is 2.23. The van der Waals surface area contributed by atoms with Crippen molar-refractivity contribution in [3.05, 3.63) is 249 Å². The van der Waals surface area contributed by atoms with Gasteiger partial charge in [-0.25, -0.2) is 0 Å². The molecule has 2 heteroatoms. The first-order valence-corrected chi connectivity index (χ1v) is 21.9. The van der Waals surface area contributed by atoms with E-state index < -0.39 is 0 Å². The van der Waals surface area contributed by atoms with Gasteiger partial charge >= 0.3 is 0 Å². The van der Waals surface area contributed by atoms with E-state index in [1.54, 1.807) is 0 Å². The van der Waals surface area contributed by atoms with Crippen LogP contribution in [0.15, 0.2) is 253 Å². The largest absolute Gasteiger partial charge is 0.455 e. The van der Waals surface area contributed by atoms with Gasteiger partial charge in [-0.05, 0) is 114 Å². The molecule has 1 aromatic heterocycles. The number of nitrogens with zero attached hydrogens (tertiary/aromatic N) is 1. The second-order valence-corrected chi connectivity index (χ2v) is 16.4. The Hall–Kier alpha value is -8.46. The quantitative estimate of drug-likeness (QED) is 0.152. The lowest BCUT2D eigenvalue weighted by molar-refractivity contribution is 0.670. The predicted molar refractivity (Wildman–Crippen MR) is 271 cm³/mol. The number of furan rings is 1. The molecule has 0 atom stereocenters. The minimum Gasteiger partial charge on any atom is -0.455 e. The van der Waals surface area contributed by atoms with Gasteiger partial charge in [-0.3, -0.25) is 0 Å². The fraction of sp³-hybridized carbons (Fsp3) is 0. The summed E-state index contributed by atoms with van der Waals surface area (Å²) in [6.07, 6.45) is 0. The molecule has 0 saturated carbocycles. The van der Waals surface area contributed by atoms with Crippen LogP contribution >= 0.6 is 0 Å². The third kappa shape index (κ3) is 6.52. The zero-order valence-corrected chi connectivity index (χ0v) is 35.0. The average molecular weight is 816 g/mol. The Morgan fingerprint density at radius 3 is 1.34 bits per heavy atom. The average Bonchev–Trinajstić information content (AvgIpc) is 3.77. The van der Waals surface area contributed by atoms with E-state index in [-0.39, 0.29) is 0 Å². The molecule has 12 rings (SSSR count). The van der Waals surface area contributed by atoms with Crippen LogP contribution in [-0.2, 0) is 0 Å². The van der Waals surface area contributed by atoms with Gasteiger partial charge in [0.15, 0.2) is 0 Å². The van der Waals surface area contributed by atoms with Gasteiger partial charge in [-0.2, -0.15) is 0 Å². The standard InChI is InChI=1S/C62H41NO/c1-2-14-42(15-3-1)43-28-30-46(31-29-43)52-21-8-9-22-53(52)47-32-36-49(37-33-47)63(50-38-34-48(35-39-50)54-25-12-18-44-16-4-6-20-51(44)54)59-41-40-57(56-26-13-19-45-17-5-7-23-55(45)56)62-61(59)58-24-10-11-27-60(58)64-62/h1-41H. The van der Waals surface area contributed by atoms with E-state index in [0.29, 0.717) is 0 Å². The first-order chi connectivity index (χ1) is 31.7. The maximum absolute atomic E-state index is 6.91. The van der Waals surface area contributed by atoms with E-state index in [1.807, 2.05) is 0 Å². The van der Waals surface area contributed by atoms with Crippen LogP contribution in [0.4, 0.5) is 17.1 Å². The summed E-state index contributed by atoms with van der Waals surface area (Å²) in [6, 6.07) is 89.5. The number of benzene rings is 11. The van der Waals surface area contributed by atoms with Crippen molar-refractivity contribution < 1.29 is 4.42 Å². The van der Waals surface area contributed by atoms with Gasteiger partial charge < -0.3 is 9.32 Å². The topological polar surface area (TPSA) is 16.4 Å². The van der Waals surface area contributed by atoms with Crippen LogP contribution in [0.25, 0.3) is 99.1 Å². The molecule has 64 heavy (non-hydrogen) atoms. The van der Waals surface area contributed by atoms with Crippen molar-refractivity contribution in [1.29, 1.82) is 0 Å². The van der Waals surface area contributed by atoms with E-state index in [0.717, 1.165) is 55.7 Å². The van der Waals surface area contributed by atoms with Gasteiger partial charge in [0.25, 0.3) is 0 Å². The van der Waals surface area contributed by atoms with Gasteiger partial charge in [0.1, 0.15) is 11.2 Å². The van der Waals surface area contributed by atoms with Crippen molar-refractivity contribution in [2.24, 2.45) is 0 Å². The third-order valence-electron chi connectivity index (χ3n) is 12.7. The monoisotopic (exact) mass is 815 g/mol. The molecule has 0 unspecified atom stereocenters. The predicted octanol–water partition coefficient (Wildman–Crippen LogP) is 17.7. The second-order valence-electron chi connectivity index (χ2n) is 16.4.